The summed E-state index contributed by atoms with van der Waals surface area (Å²) in [6.07, 6.45) is 1.88. The second kappa shape index (κ2) is 11.4. The molecule has 0 unspecified atom stereocenters. The zero-order valence-electron chi connectivity index (χ0n) is 18.5. The number of carbonyl (C=O) groups excluding carboxylic acids is 1. The highest BCUT2D eigenvalue weighted by Crippen LogP contribution is 2.29. The fraction of sp³-hybridized carbons (Fsp3) is 0.667. The van der Waals surface area contributed by atoms with E-state index in [9.17, 15) is 13.2 Å². The van der Waals surface area contributed by atoms with Gasteiger partial charge in [-0.3, -0.25) is 0 Å². The first-order valence-electron chi connectivity index (χ1n) is 10.8. The van der Waals surface area contributed by atoms with Gasteiger partial charge in [-0.2, -0.15) is 8.42 Å². The highest BCUT2D eigenvalue weighted by molar-refractivity contribution is 7.87. The molecule has 1 aliphatic heterocycles. The van der Waals surface area contributed by atoms with E-state index in [0.717, 1.165) is 31.6 Å². The van der Waals surface area contributed by atoms with Crippen molar-refractivity contribution < 1.29 is 22.1 Å². The van der Waals surface area contributed by atoms with Gasteiger partial charge in [0.2, 0.25) is 0 Å². The Balaban J connectivity index is 2.35. The molecular formula is C21H35N3O5S. The van der Waals surface area contributed by atoms with Gasteiger partial charge in [0.05, 0.1) is 18.4 Å². The molecule has 1 aliphatic rings. The maximum Gasteiger partial charge on any atom is 0.317 e. The smallest absolute Gasteiger partial charge is 0.317 e. The lowest BCUT2D eigenvalue weighted by Gasteiger charge is -2.27. The van der Waals surface area contributed by atoms with Gasteiger partial charge in [0, 0.05) is 50.1 Å². The lowest BCUT2D eigenvalue weighted by molar-refractivity contribution is 0.0794. The van der Waals surface area contributed by atoms with E-state index < -0.39 is 10.1 Å². The zero-order valence-corrected chi connectivity index (χ0v) is 19.3. The summed E-state index contributed by atoms with van der Waals surface area (Å²) >= 11 is 0. The van der Waals surface area contributed by atoms with Crippen molar-refractivity contribution in [2.24, 2.45) is 0 Å². The molecule has 0 radical (unpaired) electrons. The number of urea groups is 1. The molecule has 30 heavy (non-hydrogen) atoms. The Hall–Kier alpha value is -2.00. The molecule has 1 fully saturated rings. The fourth-order valence-electron chi connectivity index (χ4n) is 3.45. The summed E-state index contributed by atoms with van der Waals surface area (Å²) in [6.45, 7) is 11.0. The monoisotopic (exact) mass is 441 g/mol. The summed E-state index contributed by atoms with van der Waals surface area (Å²) in [4.78, 5) is 16.4. The minimum atomic E-state index is -3.70. The Morgan fingerprint density at radius 2 is 1.97 bits per heavy atom. The molecule has 1 N–H and O–H groups in total. The average Bonchev–Trinajstić information content (AvgIpc) is 3.23. The van der Waals surface area contributed by atoms with E-state index >= 15 is 0 Å². The topological polar surface area (TPSA) is 88.2 Å². The molecule has 2 rings (SSSR count). The van der Waals surface area contributed by atoms with E-state index in [4.69, 9.17) is 8.92 Å². The van der Waals surface area contributed by atoms with E-state index in [1.165, 1.54) is 0 Å². The molecule has 9 heteroatoms. The van der Waals surface area contributed by atoms with Crippen molar-refractivity contribution >= 4 is 21.8 Å². The number of nitrogens with zero attached hydrogens (tertiary/aromatic N) is 2. The zero-order chi connectivity index (χ0) is 22.1. The molecular weight excluding hydrogens is 406 g/mol. The van der Waals surface area contributed by atoms with Gasteiger partial charge in [-0.15, -0.1) is 0 Å². The molecule has 0 spiro atoms. The molecule has 1 saturated heterocycles. The van der Waals surface area contributed by atoms with Crippen molar-refractivity contribution in [3.63, 3.8) is 0 Å². The predicted molar refractivity (Wildman–Crippen MR) is 119 cm³/mol. The maximum atomic E-state index is 12.6. The van der Waals surface area contributed by atoms with E-state index in [2.05, 4.69) is 10.2 Å². The van der Waals surface area contributed by atoms with Crippen LogP contribution in [0.1, 0.15) is 46.1 Å². The van der Waals surface area contributed by atoms with Crippen LogP contribution in [0.4, 0.5) is 10.5 Å². The summed E-state index contributed by atoms with van der Waals surface area (Å²) in [5, 5.41) is 2.83. The fourth-order valence-corrected chi connectivity index (χ4v) is 4.00. The third kappa shape index (κ3) is 6.77. The molecule has 2 amide bonds. The Bertz CT molecular complexity index is 790. The lowest BCUT2D eigenvalue weighted by atomic mass is 10.1. The SMILES string of the molecule is CCNC(=O)N(Cc1ccc(N(CC)CC)cc1OS(=O)(=O)CC)C[C@H]1CCCO1. The number of amides is 2. The van der Waals surface area contributed by atoms with Crippen LogP contribution in [0, 0.1) is 0 Å². The Labute approximate surface area is 180 Å². The third-order valence-corrected chi connectivity index (χ3v) is 6.31. The number of hydrogen-bond acceptors (Lipinski definition) is 6. The molecule has 0 bridgehead atoms. The first-order chi connectivity index (χ1) is 14.3. The molecule has 0 aliphatic carbocycles. The number of rotatable bonds is 11. The van der Waals surface area contributed by atoms with Crippen LogP contribution in [0.15, 0.2) is 18.2 Å². The van der Waals surface area contributed by atoms with Crippen molar-refractivity contribution in [3.8, 4) is 5.75 Å². The molecule has 8 nitrogen and oxygen atoms in total. The summed E-state index contributed by atoms with van der Waals surface area (Å²) in [7, 11) is -3.70. The van der Waals surface area contributed by atoms with Crippen LogP contribution in [-0.2, 0) is 21.4 Å². The maximum absolute atomic E-state index is 12.6. The summed E-state index contributed by atoms with van der Waals surface area (Å²) < 4.78 is 35.5. The second-order valence-corrected chi connectivity index (χ2v) is 9.10. The largest absolute Gasteiger partial charge is 0.382 e. The molecule has 170 valence electrons. The van der Waals surface area contributed by atoms with Gasteiger partial charge in [-0.25, -0.2) is 4.79 Å². The van der Waals surface area contributed by atoms with Crippen molar-refractivity contribution in [3.05, 3.63) is 23.8 Å². The van der Waals surface area contributed by atoms with E-state index in [0.29, 0.717) is 25.3 Å². The first-order valence-corrected chi connectivity index (χ1v) is 12.4. The van der Waals surface area contributed by atoms with Gasteiger partial charge in [0.15, 0.2) is 0 Å². The average molecular weight is 442 g/mol. The van der Waals surface area contributed by atoms with E-state index in [-0.39, 0.29) is 30.2 Å². The van der Waals surface area contributed by atoms with Crippen LogP contribution in [0.25, 0.3) is 0 Å². The summed E-state index contributed by atoms with van der Waals surface area (Å²) in [5.74, 6) is 0.139. The number of nitrogens with one attached hydrogen (secondary N) is 1. The molecule has 0 aromatic heterocycles. The van der Waals surface area contributed by atoms with E-state index in [1.807, 2.05) is 32.9 Å². The highest BCUT2D eigenvalue weighted by atomic mass is 32.2. The van der Waals surface area contributed by atoms with Crippen LogP contribution in [0.5, 0.6) is 5.75 Å². The van der Waals surface area contributed by atoms with Gasteiger partial charge >= 0.3 is 16.1 Å². The van der Waals surface area contributed by atoms with Gasteiger partial charge < -0.3 is 24.0 Å². The van der Waals surface area contributed by atoms with Crippen LogP contribution < -0.4 is 14.4 Å². The first kappa shape index (κ1) is 24.3. The molecule has 1 atom stereocenters. The number of benzene rings is 1. The number of anilines is 1. The number of ether oxygens (including phenoxy) is 1. The van der Waals surface area contributed by atoms with Gasteiger partial charge in [-0.1, -0.05) is 6.07 Å². The van der Waals surface area contributed by atoms with Crippen LogP contribution in [0.2, 0.25) is 0 Å². The molecule has 1 aromatic carbocycles. The second-order valence-electron chi connectivity index (χ2n) is 7.25. The number of hydrogen-bond donors (Lipinski definition) is 1. The molecule has 0 saturated carbocycles. The summed E-state index contributed by atoms with van der Waals surface area (Å²) in [6, 6.07) is 5.33. The van der Waals surface area contributed by atoms with Crippen LogP contribution in [0.3, 0.4) is 0 Å². The van der Waals surface area contributed by atoms with Gasteiger partial charge in [0.25, 0.3) is 0 Å². The highest BCUT2D eigenvalue weighted by Gasteiger charge is 2.24. The molecule has 1 heterocycles. The standard InChI is InChI=1S/C21H35N3O5S/c1-5-22-21(25)24(16-19-10-9-13-28-19)15-17-11-12-18(23(6-2)7-3)14-20(17)29-30(26,27)8-4/h11-12,14,19H,5-10,13,15-16H2,1-4H3,(H,22,25)/t19-/m1/s1. The summed E-state index contributed by atoms with van der Waals surface area (Å²) in [5.41, 5.74) is 1.53. The van der Waals surface area contributed by atoms with Crippen molar-refractivity contribution in [1.29, 1.82) is 0 Å². The van der Waals surface area contributed by atoms with Gasteiger partial charge in [0.1, 0.15) is 5.75 Å². The quantitative estimate of drug-likeness (QED) is 0.531. The Kier molecular flexibility index (Phi) is 9.23. The Morgan fingerprint density at radius 1 is 1.23 bits per heavy atom. The number of carbonyl (C=O) groups is 1. The van der Waals surface area contributed by atoms with Crippen LogP contribution in [-0.4, -0.2) is 64.0 Å². The Morgan fingerprint density at radius 3 is 2.53 bits per heavy atom. The predicted octanol–water partition coefficient (Wildman–Crippen LogP) is 2.97. The van der Waals surface area contributed by atoms with Gasteiger partial charge in [-0.05, 0) is 46.6 Å². The van der Waals surface area contributed by atoms with Crippen molar-refractivity contribution in [2.45, 2.75) is 53.2 Å². The molecule has 1 aromatic rings. The normalized spacial score (nSPS) is 16.3. The van der Waals surface area contributed by atoms with E-state index in [1.54, 1.807) is 17.9 Å². The minimum Gasteiger partial charge on any atom is -0.382 e. The van der Waals surface area contributed by atoms with Crippen molar-refractivity contribution in [2.75, 3.05) is 43.4 Å². The minimum absolute atomic E-state index is 0.00806. The third-order valence-electron chi connectivity index (χ3n) is 5.17. The van der Waals surface area contributed by atoms with Crippen molar-refractivity contribution in [1.82, 2.24) is 10.2 Å². The van der Waals surface area contributed by atoms with Crippen LogP contribution >= 0.6 is 0 Å². The lowest BCUT2D eigenvalue weighted by Crippen LogP contribution is -2.43.